The summed E-state index contributed by atoms with van der Waals surface area (Å²) in [5, 5.41) is 10.6. The van der Waals surface area contributed by atoms with E-state index in [4.69, 9.17) is 4.99 Å². The molecule has 2 nitrogen and oxygen atoms in total. The Hall–Kier alpha value is -2.09. The number of nitrogens with zero attached hydrogens (tertiary/aromatic N) is 1. The number of phenols is 1. The van der Waals surface area contributed by atoms with Crippen molar-refractivity contribution in [1.82, 2.24) is 0 Å². The topological polar surface area (TPSA) is 32.6 Å². The molecule has 2 aromatic carbocycles. The number of aromatic hydroxyl groups is 1. The van der Waals surface area contributed by atoms with Crippen LogP contribution >= 0.6 is 0 Å². The highest BCUT2D eigenvalue weighted by Crippen LogP contribution is 2.39. The summed E-state index contributed by atoms with van der Waals surface area (Å²) < 4.78 is 0. The van der Waals surface area contributed by atoms with E-state index in [-0.39, 0.29) is 0 Å². The van der Waals surface area contributed by atoms with Crippen molar-refractivity contribution >= 4 is 6.21 Å². The van der Waals surface area contributed by atoms with Crippen LogP contribution in [0.25, 0.3) is 11.1 Å². The van der Waals surface area contributed by atoms with Crippen molar-refractivity contribution in [3.8, 4) is 16.9 Å². The molecule has 3 rings (SSSR count). The van der Waals surface area contributed by atoms with Crippen LogP contribution < -0.4 is 0 Å². The molecular weight excluding hydrogens is 318 g/mol. The maximum Gasteiger partial charge on any atom is 0.127 e. The Bertz CT molecular complexity index is 763. The summed E-state index contributed by atoms with van der Waals surface area (Å²) >= 11 is 0. The van der Waals surface area contributed by atoms with Gasteiger partial charge in [-0.05, 0) is 60.6 Å². The van der Waals surface area contributed by atoms with Gasteiger partial charge in [0.1, 0.15) is 5.75 Å². The third-order valence-corrected chi connectivity index (χ3v) is 5.84. The van der Waals surface area contributed by atoms with Gasteiger partial charge < -0.3 is 5.11 Å². The molecule has 2 aromatic rings. The van der Waals surface area contributed by atoms with Gasteiger partial charge in [0.15, 0.2) is 0 Å². The van der Waals surface area contributed by atoms with Gasteiger partial charge in [0.2, 0.25) is 0 Å². The number of rotatable bonds is 3. The molecule has 0 spiro atoms. The summed E-state index contributed by atoms with van der Waals surface area (Å²) in [7, 11) is 0. The van der Waals surface area contributed by atoms with Crippen LogP contribution in [-0.4, -0.2) is 17.4 Å². The third kappa shape index (κ3) is 4.17. The van der Waals surface area contributed by atoms with Crippen LogP contribution in [0.2, 0.25) is 0 Å². The smallest absolute Gasteiger partial charge is 0.127 e. The fourth-order valence-corrected chi connectivity index (χ4v) is 3.99. The van der Waals surface area contributed by atoms with E-state index in [9.17, 15) is 5.11 Å². The highest BCUT2D eigenvalue weighted by Gasteiger charge is 2.29. The van der Waals surface area contributed by atoms with Gasteiger partial charge in [-0.15, -0.1) is 0 Å². The zero-order valence-corrected chi connectivity index (χ0v) is 16.5. The first-order valence-electron chi connectivity index (χ1n) is 9.77. The minimum atomic E-state index is 0.346. The molecule has 26 heavy (non-hydrogen) atoms. The second kappa shape index (κ2) is 7.65. The molecule has 1 N–H and O–H groups in total. The second-order valence-electron chi connectivity index (χ2n) is 8.71. The molecule has 2 heteroatoms. The maximum atomic E-state index is 10.6. The van der Waals surface area contributed by atoms with Crippen molar-refractivity contribution in [1.29, 1.82) is 0 Å². The van der Waals surface area contributed by atoms with Crippen LogP contribution in [0, 0.1) is 18.3 Å². The molecule has 1 aliphatic carbocycles. The Morgan fingerprint density at radius 1 is 0.962 bits per heavy atom. The molecule has 138 valence electrons. The van der Waals surface area contributed by atoms with Crippen LogP contribution in [0.3, 0.4) is 0 Å². The largest absolute Gasteiger partial charge is 0.507 e. The van der Waals surface area contributed by atoms with Gasteiger partial charge in [0.25, 0.3) is 0 Å². The summed E-state index contributed by atoms with van der Waals surface area (Å²) in [6.45, 7) is 8.98. The Morgan fingerprint density at radius 3 is 2.23 bits per heavy atom. The monoisotopic (exact) mass is 349 g/mol. The van der Waals surface area contributed by atoms with Crippen molar-refractivity contribution in [2.24, 2.45) is 16.3 Å². The Labute approximate surface area is 158 Å². The number of benzene rings is 2. The molecule has 0 aromatic heterocycles. The SMILES string of the molecule is Cc1ccc(-c2ccccc2)c(C=NC2CCC(C(C)(C)C)CC2)c1O. The zero-order valence-electron chi connectivity index (χ0n) is 16.5. The van der Waals surface area contributed by atoms with E-state index in [0.29, 0.717) is 17.2 Å². The average molecular weight is 350 g/mol. The van der Waals surface area contributed by atoms with Crippen molar-refractivity contribution in [3.63, 3.8) is 0 Å². The Balaban J connectivity index is 1.82. The minimum absolute atomic E-state index is 0.346. The number of hydrogen-bond acceptors (Lipinski definition) is 2. The molecule has 1 saturated carbocycles. The van der Waals surface area contributed by atoms with Crippen LogP contribution in [0.15, 0.2) is 47.5 Å². The lowest BCUT2D eigenvalue weighted by Gasteiger charge is -2.35. The van der Waals surface area contributed by atoms with Crippen molar-refractivity contribution < 1.29 is 5.11 Å². The molecule has 0 heterocycles. The third-order valence-electron chi connectivity index (χ3n) is 5.84. The second-order valence-corrected chi connectivity index (χ2v) is 8.71. The van der Waals surface area contributed by atoms with E-state index >= 15 is 0 Å². The van der Waals surface area contributed by atoms with Gasteiger partial charge in [-0.25, -0.2) is 0 Å². The molecule has 0 saturated heterocycles. The van der Waals surface area contributed by atoms with E-state index in [0.717, 1.165) is 41.0 Å². The molecule has 0 atom stereocenters. The minimum Gasteiger partial charge on any atom is -0.507 e. The number of aliphatic imine (C=N–C) groups is 1. The molecule has 1 fully saturated rings. The highest BCUT2D eigenvalue weighted by atomic mass is 16.3. The average Bonchev–Trinajstić information content (AvgIpc) is 2.63. The summed E-state index contributed by atoms with van der Waals surface area (Å²) in [5.74, 6) is 1.14. The number of phenolic OH excluding ortho intramolecular Hbond substituents is 1. The zero-order chi connectivity index (χ0) is 18.7. The molecule has 0 bridgehead atoms. The first-order chi connectivity index (χ1) is 12.4. The fraction of sp³-hybridized carbons (Fsp3) is 0.458. The summed E-state index contributed by atoms with van der Waals surface area (Å²) in [6, 6.07) is 14.7. The van der Waals surface area contributed by atoms with Crippen molar-refractivity contribution in [2.45, 2.75) is 59.4 Å². The molecular formula is C24H31NO. The molecule has 0 aliphatic heterocycles. The standard InChI is InChI=1S/C24H31NO/c1-17-10-15-21(18-8-6-5-7-9-18)22(23(17)26)16-25-20-13-11-19(12-14-20)24(2,3)4/h5-10,15-16,19-20,26H,11-14H2,1-4H3. The predicted octanol–water partition coefficient (Wildman–Crippen LogP) is 6.39. The molecule has 0 amide bonds. The normalized spacial score (nSPS) is 21.2. The van der Waals surface area contributed by atoms with Gasteiger partial charge >= 0.3 is 0 Å². The van der Waals surface area contributed by atoms with Gasteiger partial charge in [-0.1, -0.05) is 63.2 Å². The van der Waals surface area contributed by atoms with Crippen LogP contribution in [0.5, 0.6) is 5.75 Å². The van der Waals surface area contributed by atoms with Crippen LogP contribution in [0.1, 0.15) is 57.6 Å². The van der Waals surface area contributed by atoms with Gasteiger partial charge in [0.05, 0.1) is 0 Å². The van der Waals surface area contributed by atoms with E-state index in [1.807, 2.05) is 37.4 Å². The van der Waals surface area contributed by atoms with Crippen LogP contribution in [0.4, 0.5) is 0 Å². The van der Waals surface area contributed by atoms with Crippen molar-refractivity contribution in [3.05, 3.63) is 53.6 Å². The van der Waals surface area contributed by atoms with E-state index in [1.54, 1.807) is 0 Å². The first-order valence-corrected chi connectivity index (χ1v) is 9.77. The van der Waals surface area contributed by atoms with E-state index < -0.39 is 0 Å². The van der Waals surface area contributed by atoms with Gasteiger partial charge in [-0.2, -0.15) is 0 Å². The van der Waals surface area contributed by atoms with Crippen LogP contribution in [-0.2, 0) is 0 Å². The predicted molar refractivity (Wildman–Crippen MR) is 111 cm³/mol. The molecule has 1 aliphatic rings. The van der Waals surface area contributed by atoms with Gasteiger partial charge in [0, 0.05) is 17.8 Å². The summed E-state index contributed by atoms with van der Waals surface area (Å²) in [6.07, 6.45) is 6.69. The molecule has 0 radical (unpaired) electrons. The lowest BCUT2D eigenvalue weighted by Crippen LogP contribution is -2.27. The quantitative estimate of drug-likeness (QED) is 0.640. The van der Waals surface area contributed by atoms with Crippen molar-refractivity contribution in [2.75, 3.05) is 0 Å². The summed E-state index contributed by atoms with van der Waals surface area (Å²) in [4.78, 5) is 4.87. The Kier molecular flexibility index (Phi) is 5.50. The van der Waals surface area contributed by atoms with E-state index in [1.165, 1.54) is 12.8 Å². The Morgan fingerprint density at radius 2 is 1.62 bits per heavy atom. The molecule has 0 unspecified atom stereocenters. The number of hydrogen-bond donors (Lipinski definition) is 1. The lowest BCUT2D eigenvalue weighted by atomic mass is 9.71. The lowest BCUT2D eigenvalue weighted by molar-refractivity contribution is 0.170. The summed E-state index contributed by atoms with van der Waals surface area (Å²) in [5.41, 5.74) is 4.28. The highest BCUT2D eigenvalue weighted by molar-refractivity contribution is 5.94. The van der Waals surface area contributed by atoms with E-state index in [2.05, 4.69) is 39.0 Å². The first kappa shape index (κ1) is 18.7. The number of aryl methyl sites for hydroxylation is 1. The van der Waals surface area contributed by atoms with Gasteiger partial charge in [-0.3, -0.25) is 4.99 Å². The maximum absolute atomic E-state index is 10.6. The fourth-order valence-electron chi connectivity index (χ4n) is 3.99.